The van der Waals surface area contributed by atoms with Crippen LogP contribution in [0.15, 0.2) is 24.3 Å². The van der Waals surface area contributed by atoms with Gasteiger partial charge in [0, 0.05) is 0 Å². The second-order valence-corrected chi connectivity index (χ2v) is 4.02. The Labute approximate surface area is 118 Å². The quantitative estimate of drug-likeness (QED) is 0.462. The maximum Gasteiger partial charge on any atom is 0.246 e. The molecule has 0 saturated carbocycles. The molecule has 2 aromatic rings. The lowest BCUT2D eigenvalue weighted by Crippen LogP contribution is -2.44. The normalized spacial score (nSPS) is 9.85. The van der Waals surface area contributed by atoms with E-state index in [1.807, 2.05) is 0 Å². The van der Waals surface area contributed by atoms with Crippen LogP contribution in [0.5, 0.6) is 0 Å². The molecule has 1 amide bonds. The number of para-hydroxylation sites is 1. The molecule has 2 rings (SSSR count). The van der Waals surface area contributed by atoms with E-state index in [2.05, 4.69) is 36.8 Å². The van der Waals surface area contributed by atoms with Gasteiger partial charge in [-0.2, -0.15) is 5.21 Å². The first-order chi connectivity index (χ1) is 9.65. The van der Waals surface area contributed by atoms with Crippen molar-refractivity contribution >= 4 is 28.9 Å². The van der Waals surface area contributed by atoms with E-state index in [0.717, 1.165) is 0 Å². The van der Waals surface area contributed by atoms with Crippen LogP contribution in [0.4, 0.5) is 10.1 Å². The zero-order valence-electron chi connectivity index (χ0n) is 10.1. The summed E-state index contributed by atoms with van der Waals surface area (Å²) in [7, 11) is 0. The van der Waals surface area contributed by atoms with Crippen LogP contribution in [0.2, 0.25) is 0 Å². The molecule has 0 unspecified atom stereocenters. The van der Waals surface area contributed by atoms with Crippen LogP contribution in [0.25, 0.3) is 0 Å². The minimum Gasteiger partial charge on any atom is -0.329 e. The molecule has 0 radical (unpaired) electrons. The minimum absolute atomic E-state index is 0.0524. The summed E-state index contributed by atoms with van der Waals surface area (Å²) in [6.07, 6.45) is -0.0637. The number of thiocarbonyl (C=S) groups is 1. The van der Waals surface area contributed by atoms with E-state index in [9.17, 15) is 9.18 Å². The molecule has 1 aromatic carbocycles. The highest BCUT2D eigenvalue weighted by Crippen LogP contribution is 2.11. The first-order valence-electron chi connectivity index (χ1n) is 5.48. The van der Waals surface area contributed by atoms with Crippen LogP contribution in [-0.2, 0) is 11.2 Å². The van der Waals surface area contributed by atoms with Gasteiger partial charge < -0.3 is 5.32 Å². The Morgan fingerprint density at radius 1 is 1.35 bits per heavy atom. The lowest BCUT2D eigenvalue weighted by atomic mass is 10.3. The number of aromatic amines is 1. The van der Waals surface area contributed by atoms with Gasteiger partial charge in [-0.3, -0.25) is 15.6 Å². The van der Waals surface area contributed by atoms with Gasteiger partial charge >= 0.3 is 0 Å². The van der Waals surface area contributed by atoms with Crippen molar-refractivity contribution in [3.63, 3.8) is 0 Å². The molecule has 0 spiro atoms. The van der Waals surface area contributed by atoms with Gasteiger partial charge in [0.25, 0.3) is 0 Å². The number of amides is 1. The fraction of sp³-hybridized carbons (Fsp3) is 0.100. The zero-order chi connectivity index (χ0) is 14.4. The summed E-state index contributed by atoms with van der Waals surface area (Å²) < 4.78 is 13.3. The van der Waals surface area contributed by atoms with Crippen LogP contribution < -0.4 is 16.2 Å². The number of carbonyl (C=O) groups is 1. The van der Waals surface area contributed by atoms with Gasteiger partial charge in [0.15, 0.2) is 10.9 Å². The Hall–Kier alpha value is -2.62. The third-order valence-electron chi connectivity index (χ3n) is 2.15. The molecule has 0 atom stereocenters. The van der Waals surface area contributed by atoms with Gasteiger partial charge in [0.05, 0.1) is 12.1 Å². The number of rotatable bonds is 3. The molecular weight excluding hydrogens is 285 g/mol. The fourth-order valence-corrected chi connectivity index (χ4v) is 1.45. The fourth-order valence-electron chi connectivity index (χ4n) is 1.29. The summed E-state index contributed by atoms with van der Waals surface area (Å²) in [6, 6.07) is 6.02. The second-order valence-electron chi connectivity index (χ2n) is 3.61. The van der Waals surface area contributed by atoms with Gasteiger partial charge in [0.1, 0.15) is 5.82 Å². The number of hydrogen-bond donors (Lipinski definition) is 4. The number of nitrogens with one attached hydrogen (secondary N) is 4. The van der Waals surface area contributed by atoms with E-state index < -0.39 is 11.7 Å². The highest BCUT2D eigenvalue weighted by atomic mass is 32.1. The summed E-state index contributed by atoms with van der Waals surface area (Å²) in [4.78, 5) is 11.5. The van der Waals surface area contributed by atoms with Crippen LogP contribution in [-0.4, -0.2) is 31.6 Å². The Kier molecular flexibility index (Phi) is 4.50. The summed E-state index contributed by atoms with van der Waals surface area (Å²) >= 11 is 4.91. The molecule has 0 bridgehead atoms. The van der Waals surface area contributed by atoms with E-state index in [1.54, 1.807) is 12.1 Å². The molecule has 4 N–H and O–H groups in total. The van der Waals surface area contributed by atoms with E-state index in [4.69, 9.17) is 12.2 Å². The van der Waals surface area contributed by atoms with Crippen molar-refractivity contribution in [2.45, 2.75) is 6.42 Å². The smallest absolute Gasteiger partial charge is 0.246 e. The SMILES string of the molecule is O=C(Cc1nn[nH]n1)NNC(=S)Nc1ccccc1F. The molecular formula is C10H10FN7OS. The van der Waals surface area contributed by atoms with Gasteiger partial charge in [-0.05, 0) is 24.4 Å². The van der Waals surface area contributed by atoms with Crippen LogP contribution in [0.3, 0.4) is 0 Å². The first-order valence-corrected chi connectivity index (χ1v) is 5.88. The van der Waals surface area contributed by atoms with Crippen molar-refractivity contribution in [2.75, 3.05) is 5.32 Å². The number of tetrazole rings is 1. The Morgan fingerprint density at radius 2 is 2.15 bits per heavy atom. The van der Waals surface area contributed by atoms with Gasteiger partial charge in [-0.1, -0.05) is 17.3 Å². The van der Waals surface area contributed by atoms with Crippen molar-refractivity contribution in [1.82, 2.24) is 31.5 Å². The standard InChI is InChI=1S/C10H10FN7OS/c11-6-3-1-2-4-7(6)12-10(20)16-15-9(19)5-8-13-17-18-14-8/h1-4H,5H2,(H,15,19)(H2,12,16,20)(H,13,14,17,18). The number of halogens is 1. The van der Waals surface area contributed by atoms with Crippen molar-refractivity contribution in [1.29, 1.82) is 0 Å². The minimum atomic E-state index is -0.449. The Bertz CT molecular complexity index is 603. The molecule has 1 heterocycles. The number of hydrogen-bond acceptors (Lipinski definition) is 5. The predicted molar refractivity (Wildman–Crippen MR) is 71.8 cm³/mol. The number of H-pyrrole nitrogens is 1. The molecule has 10 heteroatoms. The highest BCUT2D eigenvalue weighted by Gasteiger charge is 2.08. The van der Waals surface area contributed by atoms with E-state index in [-0.39, 0.29) is 23.0 Å². The monoisotopic (exact) mass is 295 g/mol. The second kappa shape index (κ2) is 6.52. The van der Waals surface area contributed by atoms with Gasteiger partial charge in [-0.25, -0.2) is 4.39 Å². The number of benzene rings is 1. The molecule has 8 nitrogen and oxygen atoms in total. The van der Waals surface area contributed by atoms with E-state index >= 15 is 0 Å². The Balaban J connectivity index is 1.78. The highest BCUT2D eigenvalue weighted by molar-refractivity contribution is 7.80. The molecule has 0 saturated heterocycles. The molecule has 0 fully saturated rings. The topological polar surface area (TPSA) is 108 Å². The molecule has 0 aliphatic rings. The van der Waals surface area contributed by atoms with E-state index in [1.165, 1.54) is 12.1 Å². The number of nitrogens with zero attached hydrogens (tertiary/aromatic N) is 3. The van der Waals surface area contributed by atoms with Crippen molar-refractivity contribution in [2.24, 2.45) is 0 Å². The number of aromatic nitrogens is 4. The summed E-state index contributed by atoms with van der Waals surface area (Å²) in [5.41, 5.74) is 4.97. The maximum absolute atomic E-state index is 13.3. The lowest BCUT2D eigenvalue weighted by Gasteiger charge is -2.11. The molecule has 104 valence electrons. The molecule has 1 aromatic heterocycles. The summed E-state index contributed by atoms with van der Waals surface area (Å²) in [6.45, 7) is 0. The zero-order valence-corrected chi connectivity index (χ0v) is 10.9. The number of carbonyl (C=O) groups excluding carboxylic acids is 1. The molecule has 0 aliphatic heterocycles. The van der Waals surface area contributed by atoms with Crippen molar-refractivity contribution in [3.05, 3.63) is 35.9 Å². The Morgan fingerprint density at radius 3 is 2.85 bits per heavy atom. The van der Waals surface area contributed by atoms with Gasteiger partial charge in [0.2, 0.25) is 5.91 Å². The summed E-state index contributed by atoms with van der Waals surface area (Å²) in [5, 5.41) is 15.5. The van der Waals surface area contributed by atoms with Crippen molar-refractivity contribution in [3.8, 4) is 0 Å². The predicted octanol–water partition coefficient (Wildman–Crippen LogP) is -0.101. The third-order valence-corrected chi connectivity index (χ3v) is 2.35. The van der Waals surface area contributed by atoms with Crippen LogP contribution in [0.1, 0.15) is 5.82 Å². The maximum atomic E-state index is 13.3. The van der Waals surface area contributed by atoms with Crippen LogP contribution in [0, 0.1) is 5.82 Å². The van der Waals surface area contributed by atoms with E-state index in [0.29, 0.717) is 0 Å². The average Bonchev–Trinajstić information content (AvgIpc) is 2.92. The number of anilines is 1. The molecule has 20 heavy (non-hydrogen) atoms. The van der Waals surface area contributed by atoms with Crippen molar-refractivity contribution < 1.29 is 9.18 Å². The third kappa shape index (κ3) is 3.95. The van der Waals surface area contributed by atoms with Crippen LogP contribution >= 0.6 is 12.2 Å². The summed E-state index contributed by atoms with van der Waals surface area (Å²) in [5.74, 6) is -0.615. The largest absolute Gasteiger partial charge is 0.329 e. The first kappa shape index (κ1) is 13.8. The lowest BCUT2D eigenvalue weighted by molar-refractivity contribution is -0.121. The average molecular weight is 295 g/mol. The number of hydrazine groups is 1. The van der Waals surface area contributed by atoms with Gasteiger partial charge in [-0.15, -0.1) is 10.2 Å². The molecule has 0 aliphatic carbocycles.